The Morgan fingerprint density at radius 3 is 2.45 bits per heavy atom. The molecule has 4 heteroatoms. The number of allylic oxidation sites excluding steroid dienone is 2. The van der Waals surface area contributed by atoms with Gasteiger partial charge in [-0.1, -0.05) is 71.4 Å². The highest BCUT2D eigenvalue weighted by molar-refractivity contribution is 6.30. The van der Waals surface area contributed by atoms with Gasteiger partial charge in [-0.3, -0.25) is 0 Å². The minimum absolute atomic E-state index is 0.441. The Bertz CT molecular complexity index is 774. The zero-order valence-electron chi connectivity index (χ0n) is 11.6. The average molecular weight is 310 g/mol. The smallest absolute Gasteiger partial charge is 0.312 e. The van der Waals surface area contributed by atoms with Crippen molar-refractivity contribution >= 4 is 29.4 Å². The molecular formula is C18H12ClNO2. The van der Waals surface area contributed by atoms with Gasteiger partial charge in [0.1, 0.15) is 5.71 Å². The van der Waals surface area contributed by atoms with Crippen molar-refractivity contribution in [3.63, 3.8) is 0 Å². The lowest BCUT2D eigenvalue weighted by molar-refractivity contribution is -0.136. The van der Waals surface area contributed by atoms with Crippen LogP contribution in [-0.4, -0.2) is 11.7 Å². The zero-order valence-corrected chi connectivity index (χ0v) is 12.3. The predicted molar refractivity (Wildman–Crippen MR) is 87.6 cm³/mol. The molecule has 0 bridgehead atoms. The van der Waals surface area contributed by atoms with Crippen LogP contribution in [0.15, 0.2) is 77.5 Å². The Balaban J connectivity index is 1.84. The molecule has 0 saturated carbocycles. The van der Waals surface area contributed by atoms with Gasteiger partial charge in [0, 0.05) is 10.6 Å². The van der Waals surface area contributed by atoms with Crippen molar-refractivity contribution < 1.29 is 9.63 Å². The van der Waals surface area contributed by atoms with E-state index in [1.165, 1.54) is 0 Å². The highest BCUT2D eigenvalue weighted by Gasteiger charge is 2.25. The first-order valence-corrected chi connectivity index (χ1v) is 7.11. The third-order valence-corrected chi connectivity index (χ3v) is 3.42. The van der Waals surface area contributed by atoms with Gasteiger partial charge < -0.3 is 4.84 Å². The van der Waals surface area contributed by atoms with Crippen molar-refractivity contribution in [2.75, 3.05) is 0 Å². The summed E-state index contributed by atoms with van der Waals surface area (Å²) >= 11 is 5.84. The van der Waals surface area contributed by atoms with Crippen molar-refractivity contribution in [1.29, 1.82) is 0 Å². The van der Waals surface area contributed by atoms with Gasteiger partial charge in [-0.05, 0) is 23.8 Å². The molecule has 2 aromatic rings. The quantitative estimate of drug-likeness (QED) is 0.628. The molecule has 0 radical (unpaired) electrons. The monoisotopic (exact) mass is 309 g/mol. The van der Waals surface area contributed by atoms with Crippen LogP contribution in [0.1, 0.15) is 11.1 Å². The Labute approximate surface area is 133 Å². The van der Waals surface area contributed by atoms with E-state index in [1.807, 2.05) is 60.7 Å². The van der Waals surface area contributed by atoms with Crippen LogP contribution >= 0.6 is 11.6 Å². The van der Waals surface area contributed by atoms with Gasteiger partial charge in [-0.25, -0.2) is 4.79 Å². The van der Waals surface area contributed by atoms with Crippen molar-refractivity contribution in [3.8, 4) is 0 Å². The second-order valence-corrected chi connectivity index (χ2v) is 5.11. The Morgan fingerprint density at radius 1 is 1.00 bits per heavy atom. The highest BCUT2D eigenvalue weighted by atomic mass is 35.5. The van der Waals surface area contributed by atoms with Gasteiger partial charge in [0.05, 0.1) is 5.57 Å². The molecule has 0 aromatic heterocycles. The van der Waals surface area contributed by atoms with E-state index in [0.29, 0.717) is 16.3 Å². The number of halogens is 1. The number of hydrogen-bond acceptors (Lipinski definition) is 3. The van der Waals surface area contributed by atoms with E-state index in [-0.39, 0.29) is 0 Å². The van der Waals surface area contributed by atoms with Gasteiger partial charge in [0.2, 0.25) is 0 Å². The minimum Gasteiger partial charge on any atom is -0.312 e. The molecule has 2 aromatic carbocycles. The maximum absolute atomic E-state index is 11.8. The predicted octanol–water partition coefficient (Wildman–Crippen LogP) is 4.24. The SMILES string of the molecule is O=C1ON=C(c2ccccc2)/C1=C/C=C/c1ccc(Cl)cc1. The van der Waals surface area contributed by atoms with Crippen molar-refractivity contribution in [2.24, 2.45) is 5.16 Å². The summed E-state index contributed by atoms with van der Waals surface area (Å²) in [5.74, 6) is -0.445. The van der Waals surface area contributed by atoms with Crippen LogP contribution in [0.25, 0.3) is 6.08 Å². The molecule has 0 unspecified atom stereocenters. The topological polar surface area (TPSA) is 38.7 Å². The second kappa shape index (κ2) is 6.41. The summed E-state index contributed by atoms with van der Waals surface area (Å²) in [6.45, 7) is 0. The largest absolute Gasteiger partial charge is 0.368 e. The maximum atomic E-state index is 11.8. The molecule has 0 amide bonds. The molecule has 0 N–H and O–H groups in total. The standard InChI is InChI=1S/C18H12ClNO2/c19-15-11-9-13(10-12-15)5-4-8-16-17(20-22-18(16)21)14-6-2-1-3-7-14/h1-12H/b5-4+,16-8-. The number of benzene rings is 2. The number of nitrogens with zero attached hydrogens (tertiary/aromatic N) is 1. The fourth-order valence-corrected chi connectivity index (χ4v) is 2.19. The van der Waals surface area contributed by atoms with Crippen LogP contribution in [0.2, 0.25) is 5.02 Å². The van der Waals surface area contributed by atoms with E-state index in [9.17, 15) is 4.79 Å². The first kappa shape index (κ1) is 14.3. The van der Waals surface area contributed by atoms with Crippen molar-refractivity contribution in [3.05, 3.63) is 88.5 Å². The molecule has 0 aliphatic carbocycles. The molecule has 0 spiro atoms. The summed E-state index contributed by atoms with van der Waals surface area (Å²) in [6, 6.07) is 16.9. The minimum atomic E-state index is -0.445. The third kappa shape index (κ3) is 3.15. The van der Waals surface area contributed by atoms with E-state index >= 15 is 0 Å². The summed E-state index contributed by atoms with van der Waals surface area (Å²) in [4.78, 5) is 16.6. The van der Waals surface area contributed by atoms with Gasteiger partial charge in [0.15, 0.2) is 0 Å². The first-order valence-electron chi connectivity index (χ1n) is 6.73. The number of oxime groups is 1. The Kier molecular flexibility index (Phi) is 4.17. The first-order chi connectivity index (χ1) is 10.7. The normalized spacial score (nSPS) is 16.1. The third-order valence-electron chi connectivity index (χ3n) is 3.16. The number of rotatable bonds is 3. The van der Waals surface area contributed by atoms with Crippen LogP contribution in [0.4, 0.5) is 0 Å². The molecule has 1 aliphatic heterocycles. The fourth-order valence-electron chi connectivity index (χ4n) is 2.06. The molecule has 0 saturated heterocycles. The van der Waals surface area contributed by atoms with Gasteiger partial charge >= 0.3 is 5.97 Å². The lowest BCUT2D eigenvalue weighted by atomic mass is 10.0. The molecule has 108 valence electrons. The zero-order chi connectivity index (χ0) is 15.4. The van der Waals surface area contributed by atoms with E-state index in [1.54, 1.807) is 12.2 Å². The van der Waals surface area contributed by atoms with Crippen molar-refractivity contribution in [1.82, 2.24) is 0 Å². The van der Waals surface area contributed by atoms with Gasteiger partial charge in [-0.15, -0.1) is 0 Å². The molecule has 22 heavy (non-hydrogen) atoms. The molecule has 1 aliphatic rings. The number of carbonyl (C=O) groups is 1. The highest BCUT2D eigenvalue weighted by Crippen LogP contribution is 2.18. The van der Waals surface area contributed by atoms with E-state index < -0.39 is 5.97 Å². The second-order valence-electron chi connectivity index (χ2n) is 4.68. The van der Waals surface area contributed by atoms with Gasteiger partial charge in [-0.2, -0.15) is 0 Å². The van der Waals surface area contributed by atoms with Gasteiger partial charge in [0.25, 0.3) is 0 Å². The number of carbonyl (C=O) groups excluding carboxylic acids is 1. The van der Waals surface area contributed by atoms with E-state index in [0.717, 1.165) is 11.1 Å². The summed E-state index contributed by atoms with van der Waals surface area (Å²) in [6.07, 6.45) is 5.39. The molecule has 1 heterocycles. The van der Waals surface area contributed by atoms with Crippen molar-refractivity contribution in [2.45, 2.75) is 0 Å². The molecule has 0 atom stereocenters. The maximum Gasteiger partial charge on any atom is 0.368 e. The number of hydrogen-bond donors (Lipinski definition) is 0. The summed E-state index contributed by atoms with van der Waals surface area (Å²) in [5.41, 5.74) is 2.83. The molecular weight excluding hydrogens is 298 g/mol. The van der Waals surface area contributed by atoms with Crippen LogP contribution in [0, 0.1) is 0 Å². The lowest BCUT2D eigenvalue weighted by Crippen LogP contribution is -2.06. The van der Waals surface area contributed by atoms with Crippen LogP contribution in [-0.2, 0) is 9.63 Å². The molecule has 3 nitrogen and oxygen atoms in total. The lowest BCUT2D eigenvalue weighted by Gasteiger charge is -1.98. The summed E-state index contributed by atoms with van der Waals surface area (Å²) in [7, 11) is 0. The Morgan fingerprint density at radius 2 is 1.73 bits per heavy atom. The van der Waals surface area contributed by atoms with Crippen LogP contribution in [0.3, 0.4) is 0 Å². The molecule has 3 rings (SSSR count). The summed E-state index contributed by atoms with van der Waals surface area (Å²) in [5, 5.41) is 4.54. The molecule has 0 fully saturated rings. The average Bonchev–Trinajstić information content (AvgIpc) is 2.91. The van der Waals surface area contributed by atoms with Crippen LogP contribution < -0.4 is 0 Å². The van der Waals surface area contributed by atoms with Crippen LogP contribution in [0.5, 0.6) is 0 Å². The Hall–Kier alpha value is -2.65. The van der Waals surface area contributed by atoms with E-state index in [2.05, 4.69) is 5.16 Å². The van der Waals surface area contributed by atoms with E-state index in [4.69, 9.17) is 16.4 Å². The summed E-state index contributed by atoms with van der Waals surface area (Å²) < 4.78 is 0. The fraction of sp³-hybridized carbons (Fsp3) is 0.